The number of nitrogens with two attached hydrogens (primary N) is 1. The van der Waals surface area contributed by atoms with Crippen molar-refractivity contribution in [3.05, 3.63) is 71.4 Å². The molecule has 0 spiro atoms. The Kier molecular flexibility index (Phi) is 4.35. The lowest BCUT2D eigenvalue weighted by molar-refractivity contribution is -0.125. The summed E-state index contributed by atoms with van der Waals surface area (Å²) in [5.74, 6) is -1.26. The maximum absolute atomic E-state index is 13.0. The van der Waals surface area contributed by atoms with Gasteiger partial charge in [-0.25, -0.2) is 0 Å². The van der Waals surface area contributed by atoms with E-state index in [1.54, 1.807) is 11.0 Å². The zero-order chi connectivity index (χ0) is 19.8. The topological polar surface area (TPSA) is 97.4 Å². The number of primary amides is 1. The number of fused-ring (bicyclic) bond motifs is 2. The number of hydrogen-bond donors (Lipinski definition) is 2. The van der Waals surface area contributed by atoms with E-state index in [9.17, 15) is 14.4 Å². The Morgan fingerprint density at radius 3 is 2.57 bits per heavy atom. The summed E-state index contributed by atoms with van der Waals surface area (Å²) in [7, 11) is 1.96. The second-order valence-electron chi connectivity index (χ2n) is 6.88. The van der Waals surface area contributed by atoms with Gasteiger partial charge in [-0.3, -0.25) is 14.4 Å². The van der Waals surface area contributed by atoms with Crippen LogP contribution in [-0.2, 0) is 16.6 Å². The summed E-state index contributed by atoms with van der Waals surface area (Å²) in [6.07, 6.45) is 2.00. The number of aryl methyl sites for hydroxylation is 1. The van der Waals surface area contributed by atoms with Crippen LogP contribution < -0.4 is 11.1 Å². The SMILES string of the molecule is Cn1cc([C@H]2c3ccccc3C(=O)N2CC(=O)NCC(N)=O)c2ccccc21. The van der Waals surface area contributed by atoms with E-state index in [2.05, 4.69) is 5.32 Å². The summed E-state index contributed by atoms with van der Waals surface area (Å²) in [4.78, 5) is 37.9. The van der Waals surface area contributed by atoms with Gasteiger partial charge >= 0.3 is 0 Å². The van der Waals surface area contributed by atoms with Gasteiger partial charge < -0.3 is 20.5 Å². The fraction of sp³-hybridized carbons (Fsp3) is 0.190. The maximum Gasteiger partial charge on any atom is 0.255 e. The number of benzene rings is 2. The highest BCUT2D eigenvalue weighted by Crippen LogP contribution is 2.41. The second-order valence-corrected chi connectivity index (χ2v) is 6.88. The van der Waals surface area contributed by atoms with Crippen molar-refractivity contribution in [1.82, 2.24) is 14.8 Å². The molecule has 2 aromatic carbocycles. The van der Waals surface area contributed by atoms with Crippen LogP contribution in [0.1, 0.15) is 27.5 Å². The minimum Gasteiger partial charge on any atom is -0.368 e. The number of nitrogens with zero attached hydrogens (tertiary/aromatic N) is 2. The molecule has 0 bridgehead atoms. The van der Waals surface area contributed by atoms with Gasteiger partial charge in [0.05, 0.1) is 12.6 Å². The molecule has 142 valence electrons. The lowest BCUT2D eigenvalue weighted by atomic mass is 9.97. The van der Waals surface area contributed by atoms with Gasteiger partial charge in [0, 0.05) is 35.3 Å². The average molecular weight is 376 g/mol. The largest absolute Gasteiger partial charge is 0.368 e. The van der Waals surface area contributed by atoms with E-state index in [4.69, 9.17) is 5.73 Å². The molecule has 7 heteroatoms. The molecule has 3 amide bonds. The van der Waals surface area contributed by atoms with Gasteiger partial charge in [-0.1, -0.05) is 36.4 Å². The Bertz CT molecular complexity index is 1100. The molecule has 0 saturated heterocycles. The van der Waals surface area contributed by atoms with Crippen molar-refractivity contribution in [1.29, 1.82) is 0 Å². The van der Waals surface area contributed by atoms with Gasteiger partial charge in [-0.15, -0.1) is 0 Å². The standard InChI is InChI=1S/C21H20N4O3/c1-24-11-16(13-6-4-5-9-17(13)24)20-14-7-2-3-8-15(14)21(28)25(20)12-19(27)23-10-18(22)26/h2-9,11,20H,10,12H2,1H3,(H2,22,26)(H,23,27)/t20-/m1/s1. The molecule has 1 aromatic heterocycles. The number of carbonyl (C=O) groups excluding carboxylic acids is 3. The van der Waals surface area contributed by atoms with Crippen molar-refractivity contribution in [3.8, 4) is 0 Å². The van der Waals surface area contributed by atoms with Crippen LogP contribution >= 0.6 is 0 Å². The van der Waals surface area contributed by atoms with Crippen LogP contribution in [0.2, 0.25) is 0 Å². The average Bonchev–Trinajstić information content (AvgIpc) is 3.16. The Hall–Kier alpha value is -3.61. The van der Waals surface area contributed by atoms with Crippen LogP contribution in [0.5, 0.6) is 0 Å². The number of para-hydroxylation sites is 1. The van der Waals surface area contributed by atoms with Crippen LogP contribution in [0.3, 0.4) is 0 Å². The Labute approximate surface area is 161 Å². The highest BCUT2D eigenvalue weighted by molar-refractivity contribution is 6.02. The predicted molar refractivity (Wildman–Crippen MR) is 104 cm³/mol. The van der Waals surface area contributed by atoms with Gasteiger partial charge in [-0.05, 0) is 17.7 Å². The zero-order valence-corrected chi connectivity index (χ0v) is 15.4. The van der Waals surface area contributed by atoms with Crippen molar-refractivity contribution < 1.29 is 14.4 Å². The number of nitrogens with one attached hydrogen (secondary N) is 1. The molecule has 1 atom stereocenters. The lowest BCUT2D eigenvalue weighted by Crippen LogP contribution is -2.42. The third kappa shape index (κ3) is 2.90. The maximum atomic E-state index is 13.0. The molecule has 0 radical (unpaired) electrons. The Balaban J connectivity index is 1.78. The zero-order valence-electron chi connectivity index (χ0n) is 15.4. The monoisotopic (exact) mass is 376 g/mol. The first-order chi connectivity index (χ1) is 13.5. The number of carbonyl (C=O) groups is 3. The quantitative estimate of drug-likeness (QED) is 0.703. The van der Waals surface area contributed by atoms with Gasteiger partial charge in [0.2, 0.25) is 11.8 Å². The van der Waals surface area contributed by atoms with E-state index in [-0.39, 0.29) is 25.0 Å². The van der Waals surface area contributed by atoms with E-state index in [1.807, 2.05) is 60.3 Å². The first-order valence-corrected chi connectivity index (χ1v) is 8.96. The van der Waals surface area contributed by atoms with E-state index >= 15 is 0 Å². The Morgan fingerprint density at radius 2 is 1.79 bits per heavy atom. The van der Waals surface area contributed by atoms with Crippen LogP contribution in [0.15, 0.2) is 54.7 Å². The molecular weight excluding hydrogens is 356 g/mol. The fourth-order valence-electron chi connectivity index (χ4n) is 3.86. The Morgan fingerprint density at radius 1 is 1.07 bits per heavy atom. The van der Waals surface area contributed by atoms with Gasteiger partial charge in [-0.2, -0.15) is 0 Å². The predicted octanol–water partition coefficient (Wildman–Crippen LogP) is 1.33. The van der Waals surface area contributed by atoms with Crippen molar-refractivity contribution in [2.45, 2.75) is 6.04 Å². The van der Waals surface area contributed by atoms with E-state index in [1.165, 1.54) is 0 Å². The summed E-state index contributed by atoms with van der Waals surface area (Å²) in [6, 6.07) is 15.0. The molecule has 3 aromatic rings. The minimum atomic E-state index is -0.630. The van der Waals surface area contributed by atoms with Crippen molar-refractivity contribution in [3.63, 3.8) is 0 Å². The summed E-state index contributed by atoms with van der Waals surface area (Å²) in [6.45, 7) is -0.415. The van der Waals surface area contributed by atoms with Crippen LogP contribution in [0, 0.1) is 0 Å². The summed E-state index contributed by atoms with van der Waals surface area (Å²) in [5, 5.41) is 3.49. The summed E-state index contributed by atoms with van der Waals surface area (Å²) >= 11 is 0. The van der Waals surface area contributed by atoms with Crippen molar-refractivity contribution in [2.75, 3.05) is 13.1 Å². The molecular formula is C21H20N4O3. The number of amides is 3. The normalized spacial score (nSPS) is 15.7. The van der Waals surface area contributed by atoms with Crippen LogP contribution in [0.25, 0.3) is 10.9 Å². The molecule has 0 aliphatic carbocycles. The molecule has 0 fully saturated rings. The summed E-state index contributed by atoms with van der Waals surface area (Å²) < 4.78 is 2.02. The highest BCUT2D eigenvalue weighted by Gasteiger charge is 2.39. The number of rotatable bonds is 5. The molecule has 0 saturated carbocycles. The summed E-state index contributed by atoms with van der Waals surface area (Å²) in [5.41, 5.74) is 8.55. The van der Waals surface area contributed by atoms with Gasteiger partial charge in [0.25, 0.3) is 5.91 Å². The van der Waals surface area contributed by atoms with Crippen molar-refractivity contribution >= 4 is 28.6 Å². The van der Waals surface area contributed by atoms with Crippen LogP contribution in [0.4, 0.5) is 0 Å². The van der Waals surface area contributed by atoms with E-state index in [0.29, 0.717) is 5.56 Å². The van der Waals surface area contributed by atoms with Gasteiger partial charge in [0.1, 0.15) is 6.54 Å². The fourth-order valence-corrected chi connectivity index (χ4v) is 3.86. The molecule has 4 rings (SSSR count). The molecule has 0 unspecified atom stereocenters. The van der Waals surface area contributed by atoms with Crippen LogP contribution in [-0.4, -0.2) is 40.3 Å². The van der Waals surface area contributed by atoms with Gasteiger partial charge in [0.15, 0.2) is 0 Å². The smallest absolute Gasteiger partial charge is 0.255 e. The van der Waals surface area contributed by atoms with Crippen molar-refractivity contribution in [2.24, 2.45) is 12.8 Å². The third-order valence-corrected chi connectivity index (χ3v) is 5.05. The molecule has 2 heterocycles. The third-order valence-electron chi connectivity index (χ3n) is 5.05. The second kappa shape index (κ2) is 6.84. The first kappa shape index (κ1) is 17.8. The molecule has 3 N–H and O–H groups in total. The molecule has 1 aliphatic rings. The highest BCUT2D eigenvalue weighted by atomic mass is 16.2. The minimum absolute atomic E-state index is 0.158. The number of hydrogen-bond acceptors (Lipinski definition) is 3. The number of aromatic nitrogens is 1. The molecule has 28 heavy (non-hydrogen) atoms. The lowest BCUT2D eigenvalue weighted by Gasteiger charge is -2.25. The van der Waals surface area contributed by atoms with E-state index in [0.717, 1.165) is 22.0 Å². The van der Waals surface area contributed by atoms with E-state index < -0.39 is 11.8 Å². The molecule has 7 nitrogen and oxygen atoms in total. The first-order valence-electron chi connectivity index (χ1n) is 8.96. The molecule has 1 aliphatic heterocycles.